The molecule has 0 saturated heterocycles. The average Bonchev–Trinajstić information content (AvgIpc) is 2.31. The largest absolute Gasteiger partial charge is 0.394 e. The normalized spacial score (nSPS) is 12.9. The Morgan fingerprint density at radius 2 is 1.56 bits per heavy atom. The van der Waals surface area contributed by atoms with Crippen LogP contribution in [0.2, 0.25) is 0 Å². The van der Waals surface area contributed by atoms with Crippen molar-refractivity contribution in [3.8, 4) is 0 Å². The molecule has 0 aliphatic heterocycles. The summed E-state index contributed by atoms with van der Waals surface area (Å²) < 4.78 is 11.0. The molecule has 0 aliphatic rings. The molecule has 0 amide bonds. The van der Waals surface area contributed by atoms with Crippen LogP contribution in [-0.2, 0) is 9.47 Å². The van der Waals surface area contributed by atoms with Crippen molar-refractivity contribution < 1.29 is 14.6 Å². The van der Waals surface area contributed by atoms with Gasteiger partial charge in [-0.05, 0) is 12.8 Å². The van der Waals surface area contributed by atoms with Crippen molar-refractivity contribution >= 4 is 0 Å². The highest BCUT2D eigenvalue weighted by Gasteiger charge is 2.07. The number of aliphatic hydroxyl groups is 1. The van der Waals surface area contributed by atoms with Gasteiger partial charge in [-0.15, -0.1) is 0 Å². The van der Waals surface area contributed by atoms with Crippen molar-refractivity contribution in [2.75, 3.05) is 26.4 Å². The van der Waals surface area contributed by atoms with E-state index in [0.29, 0.717) is 6.61 Å². The predicted molar refractivity (Wildman–Crippen MR) is 66.7 cm³/mol. The zero-order valence-electron chi connectivity index (χ0n) is 10.9. The van der Waals surface area contributed by atoms with E-state index in [1.54, 1.807) is 0 Å². The molecule has 3 nitrogen and oxygen atoms in total. The molecule has 1 unspecified atom stereocenters. The van der Waals surface area contributed by atoms with E-state index in [1.807, 2.05) is 0 Å². The van der Waals surface area contributed by atoms with Crippen LogP contribution in [0.25, 0.3) is 0 Å². The molecular formula is C13H28O3. The quantitative estimate of drug-likeness (QED) is 0.526. The van der Waals surface area contributed by atoms with Crippen LogP contribution in [0.3, 0.4) is 0 Å². The maximum atomic E-state index is 9.08. The summed E-state index contributed by atoms with van der Waals surface area (Å²) in [5.74, 6) is 0. The molecule has 0 spiro atoms. The van der Waals surface area contributed by atoms with E-state index >= 15 is 0 Å². The molecule has 1 N–H and O–H groups in total. The number of rotatable bonds is 12. The molecule has 0 heterocycles. The second-order valence-corrected chi connectivity index (χ2v) is 4.16. The van der Waals surface area contributed by atoms with Crippen molar-refractivity contribution in [2.45, 2.75) is 58.5 Å². The predicted octanol–water partition coefficient (Wildman–Crippen LogP) is 2.76. The Morgan fingerprint density at radius 1 is 0.938 bits per heavy atom. The molecule has 0 aliphatic carbocycles. The van der Waals surface area contributed by atoms with E-state index in [1.165, 1.54) is 25.7 Å². The first-order valence-corrected chi connectivity index (χ1v) is 6.65. The Balaban J connectivity index is 3.29. The third kappa shape index (κ3) is 10.4. The number of ether oxygens (including phenoxy) is 2. The summed E-state index contributed by atoms with van der Waals surface area (Å²) in [6.07, 6.45) is 6.84. The monoisotopic (exact) mass is 232 g/mol. The number of hydrogen-bond acceptors (Lipinski definition) is 3. The van der Waals surface area contributed by atoms with Crippen molar-refractivity contribution in [2.24, 2.45) is 0 Å². The van der Waals surface area contributed by atoms with Crippen LogP contribution in [-0.4, -0.2) is 37.6 Å². The van der Waals surface area contributed by atoms with Gasteiger partial charge in [0.2, 0.25) is 0 Å². The molecule has 0 aromatic rings. The Labute approximate surface area is 100 Å². The lowest BCUT2D eigenvalue weighted by Crippen LogP contribution is -2.24. The highest BCUT2D eigenvalue weighted by molar-refractivity contribution is 4.54. The second kappa shape index (κ2) is 12.9. The van der Waals surface area contributed by atoms with E-state index in [4.69, 9.17) is 14.6 Å². The Morgan fingerprint density at radius 3 is 2.12 bits per heavy atom. The van der Waals surface area contributed by atoms with E-state index < -0.39 is 0 Å². The van der Waals surface area contributed by atoms with Gasteiger partial charge in [0.1, 0.15) is 6.10 Å². The Hall–Kier alpha value is -0.120. The first-order chi connectivity index (χ1) is 7.85. The van der Waals surface area contributed by atoms with Gasteiger partial charge in [-0.1, -0.05) is 39.5 Å². The van der Waals surface area contributed by atoms with Crippen LogP contribution in [0.15, 0.2) is 0 Å². The molecule has 0 saturated carbocycles. The molecular weight excluding hydrogens is 204 g/mol. The first-order valence-electron chi connectivity index (χ1n) is 6.65. The SMILES string of the molecule is CCCCCOCC(CO)OCCCCC. The summed E-state index contributed by atoms with van der Waals surface area (Å²) >= 11 is 0. The van der Waals surface area contributed by atoms with Gasteiger partial charge in [0.05, 0.1) is 13.2 Å². The van der Waals surface area contributed by atoms with Gasteiger partial charge in [0.15, 0.2) is 0 Å². The Kier molecular flexibility index (Phi) is 12.9. The lowest BCUT2D eigenvalue weighted by Gasteiger charge is -2.15. The van der Waals surface area contributed by atoms with Crippen molar-refractivity contribution in [1.29, 1.82) is 0 Å². The number of hydrogen-bond donors (Lipinski definition) is 1. The minimum absolute atomic E-state index is 0.0555. The highest BCUT2D eigenvalue weighted by atomic mass is 16.5. The smallest absolute Gasteiger partial charge is 0.104 e. The molecule has 1 atom stereocenters. The molecule has 3 heteroatoms. The molecule has 0 fully saturated rings. The number of aliphatic hydroxyl groups excluding tert-OH is 1. The van der Waals surface area contributed by atoms with Crippen molar-refractivity contribution in [1.82, 2.24) is 0 Å². The van der Waals surface area contributed by atoms with Crippen LogP contribution in [0.5, 0.6) is 0 Å². The van der Waals surface area contributed by atoms with Crippen LogP contribution in [0, 0.1) is 0 Å². The third-order valence-corrected chi connectivity index (χ3v) is 2.50. The first kappa shape index (κ1) is 15.9. The van der Waals surface area contributed by atoms with Gasteiger partial charge in [-0.25, -0.2) is 0 Å². The minimum Gasteiger partial charge on any atom is -0.394 e. The van der Waals surface area contributed by atoms with Gasteiger partial charge in [-0.2, -0.15) is 0 Å². The lowest BCUT2D eigenvalue weighted by molar-refractivity contribution is -0.0436. The maximum Gasteiger partial charge on any atom is 0.104 e. The van der Waals surface area contributed by atoms with Crippen molar-refractivity contribution in [3.63, 3.8) is 0 Å². The van der Waals surface area contributed by atoms with Gasteiger partial charge >= 0.3 is 0 Å². The topological polar surface area (TPSA) is 38.7 Å². The summed E-state index contributed by atoms with van der Waals surface area (Å²) in [7, 11) is 0. The summed E-state index contributed by atoms with van der Waals surface area (Å²) in [4.78, 5) is 0. The molecule has 0 aromatic heterocycles. The van der Waals surface area contributed by atoms with Gasteiger partial charge < -0.3 is 14.6 Å². The maximum absolute atomic E-state index is 9.08. The minimum atomic E-state index is -0.140. The molecule has 16 heavy (non-hydrogen) atoms. The highest BCUT2D eigenvalue weighted by Crippen LogP contribution is 2.00. The Bertz CT molecular complexity index is 128. The fourth-order valence-electron chi connectivity index (χ4n) is 1.42. The fraction of sp³-hybridized carbons (Fsp3) is 1.00. The third-order valence-electron chi connectivity index (χ3n) is 2.50. The molecule has 0 aromatic carbocycles. The average molecular weight is 232 g/mol. The summed E-state index contributed by atoms with van der Waals surface area (Å²) in [5, 5.41) is 9.08. The number of unbranched alkanes of at least 4 members (excludes halogenated alkanes) is 4. The molecule has 98 valence electrons. The van der Waals surface area contributed by atoms with E-state index in [9.17, 15) is 0 Å². The van der Waals surface area contributed by atoms with Crippen LogP contribution in [0.1, 0.15) is 52.4 Å². The molecule has 0 bridgehead atoms. The van der Waals surface area contributed by atoms with Crippen LogP contribution < -0.4 is 0 Å². The van der Waals surface area contributed by atoms with E-state index in [0.717, 1.165) is 26.1 Å². The molecule has 0 rings (SSSR count). The molecule has 0 radical (unpaired) electrons. The van der Waals surface area contributed by atoms with Crippen LogP contribution in [0.4, 0.5) is 0 Å². The fourth-order valence-corrected chi connectivity index (χ4v) is 1.42. The van der Waals surface area contributed by atoms with Gasteiger partial charge in [0, 0.05) is 13.2 Å². The second-order valence-electron chi connectivity index (χ2n) is 4.16. The van der Waals surface area contributed by atoms with Crippen LogP contribution >= 0.6 is 0 Å². The van der Waals surface area contributed by atoms with E-state index in [2.05, 4.69) is 13.8 Å². The standard InChI is InChI=1S/C13H28O3/c1-3-5-7-9-15-12-13(11-14)16-10-8-6-4-2/h13-14H,3-12H2,1-2H3. The zero-order chi connectivity index (χ0) is 12.1. The van der Waals surface area contributed by atoms with Gasteiger partial charge in [-0.3, -0.25) is 0 Å². The summed E-state index contributed by atoms with van der Waals surface area (Å²) in [5.41, 5.74) is 0. The summed E-state index contributed by atoms with van der Waals surface area (Å²) in [6.45, 7) is 6.43. The van der Waals surface area contributed by atoms with E-state index in [-0.39, 0.29) is 12.7 Å². The van der Waals surface area contributed by atoms with Gasteiger partial charge in [0.25, 0.3) is 0 Å². The zero-order valence-corrected chi connectivity index (χ0v) is 10.9. The van der Waals surface area contributed by atoms with Crippen molar-refractivity contribution in [3.05, 3.63) is 0 Å². The summed E-state index contributed by atoms with van der Waals surface area (Å²) in [6, 6.07) is 0. The lowest BCUT2D eigenvalue weighted by atomic mass is 10.2.